The van der Waals surface area contributed by atoms with E-state index in [0.717, 1.165) is 17.8 Å². The number of hydrogen-bond donors (Lipinski definition) is 1. The third-order valence-electron chi connectivity index (χ3n) is 6.23. The van der Waals surface area contributed by atoms with Gasteiger partial charge in [0, 0.05) is 6.54 Å². The topological polar surface area (TPSA) is 64.6 Å². The molecule has 4 aliphatic carbocycles. The molecule has 1 aromatic rings. The third kappa shape index (κ3) is 3.78. The Bertz CT molecular complexity index is 693. The molecule has 0 saturated heterocycles. The zero-order chi connectivity index (χ0) is 18.2. The van der Waals surface area contributed by atoms with Gasteiger partial charge >= 0.3 is 0 Å². The number of hydrogen-bond acceptors (Lipinski definition) is 4. The van der Waals surface area contributed by atoms with Crippen molar-refractivity contribution in [3.8, 4) is 5.75 Å². The van der Waals surface area contributed by atoms with Gasteiger partial charge in [0.05, 0.1) is 23.7 Å². The van der Waals surface area contributed by atoms with Crippen LogP contribution in [0.3, 0.4) is 0 Å². The van der Waals surface area contributed by atoms with Crippen LogP contribution in [-0.2, 0) is 14.8 Å². The molecule has 0 aliphatic heterocycles. The Morgan fingerprint density at radius 3 is 2.15 bits per heavy atom. The Hall–Kier alpha value is -1.11. The van der Waals surface area contributed by atoms with Gasteiger partial charge in [0.25, 0.3) is 0 Å². The van der Waals surface area contributed by atoms with Crippen LogP contribution in [0.25, 0.3) is 0 Å². The number of benzene rings is 1. The molecule has 4 bridgehead atoms. The molecule has 0 heterocycles. The summed E-state index contributed by atoms with van der Waals surface area (Å²) in [6.45, 7) is 3.22. The minimum Gasteiger partial charge on any atom is -0.494 e. The lowest BCUT2D eigenvalue weighted by molar-refractivity contribution is -0.160. The van der Waals surface area contributed by atoms with Crippen molar-refractivity contribution in [1.29, 1.82) is 0 Å². The van der Waals surface area contributed by atoms with E-state index in [-0.39, 0.29) is 10.5 Å². The van der Waals surface area contributed by atoms with Crippen LogP contribution in [0.1, 0.15) is 45.4 Å². The Labute approximate surface area is 156 Å². The van der Waals surface area contributed by atoms with Crippen LogP contribution in [0, 0.1) is 17.8 Å². The first-order valence-corrected chi connectivity index (χ1v) is 11.3. The molecule has 0 unspecified atom stereocenters. The van der Waals surface area contributed by atoms with Gasteiger partial charge in [-0.2, -0.15) is 0 Å². The minimum atomic E-state index is -3.51. The van der Waals surface area contributed by atoms with Crippen molar-refractivity contribution in [3.05, 3.63) is 24.3 Å². The van der Waals surface area contributed by atoms with Crippen LogP contribution in [-0.4, -0.2) is 33.8 Å². The molecule has 0 atom stereocenters. The summed E-state index contributed by atoms with van der Waals surface area (Å²) < 4.78 is 39.1. The van der Waals surface area contributed by atoms with E-state index in [9.17, 15) is 8.42 Å². The third-order valence-corrected chi connectivity index (χ3v) is 7.71. The second-order valence-electron chi connectivity index (χ2n) is 8.25. The molecule has 6 heteroatoms. The molecule has 4 aliphatic rings. The van der Waals surface area contributed by atoms with Crippen LogP contribution >= 0.6 is 0 Å². The highest BCUT2D eigenvalue weighted by Gasteiger charge is 2.51. The van der Waals surface area contributed by atoms with Gasteiger partial charge in [0.15, 0.2) is 0 Å². The van der Waals surface area contributed by atoms with Gasteiger partial charge in [-0.3, -0.25) is 0 Å². The first kappa shape index (κ1) is 18.3. The predicted octanol–water partition coefficient (Wildman–Crippen LogP) is 3.35. The van der Waals surface area contributed by atoms with Gasteiger partial charge in [-0.1, -0.05) is 0 Å². The van der Waals surface area contributed by atoms with Crippen LogP contribution in [0.2, 0.25) is 0 Å². The summed E-state index contributed by atoms with van der Waals surface area (Å²) in [5, 5.41) is 0. The van der Waals surface area contributed by atoms with Crippen LogP contribution in [0.5, 0.6) is 5.75 Å². The first-order valence-electron chi connectivity index (χ1n) is 9.84. The molecular formula is C20H29NO4S. The Balaban J connectivity index is 1.29. The molecule has 5 rings (SSSR count). The smallest absolute Gasteiger partial charge is 0.240 e. The van der Waals surface area contributed by atoms with Crippen molar-refractivity contribution in [1.82, 2.24) is 4.72 Å². The zero-order valence-corrected chi connectivity index (χ0v) is 16.3. The Kier molecular flexibility index (Phi) is 5.01. The largest absolute Gasteiger partial charge is 0.494 e. The summed E-state index contributed by atoms with van der Waals surface area (Å²) in [7, 11) is -3.51. The van der Waals surface area contributed by atoms with Crippen LogP contribution < -0.4 is 9.46 Å². The highest BCUT2D eigenvalue weighted by atomic mass is 32.2. The standard InChI is InChI=1S/C20H29NO4S/c1-2-24-18-3-5-19(6-4-18)26(22,23)21-7-8-25-20-12-15-9-16(13-20)11-17(10-15)14-20/h3-6,15-17,21H,2,7-14H2,1H3. The van der Waals surface area contributed by atoms with Gasteiger partial charge in [0.2, 0.25) is 10.0 Å². The summed E-state index contributed by atoms with van der Waals surface area (Å²) in [4.78, 5) is 0.260. The molecular weight excluding hydrogens is 350 g/mol. The fraction of sp³-hybridized carbons (Fsp3) is 0.700. The van der Waals surface area contributed by atoms with Crippen molar-refractivity contribution in [3.63, 3.8) is 0 Å². The van der Waals surface area contributed by atoms with Gasteiger partial charge in [-0.05, 0) is 87.5 Å². The molecule has 0 amide bonds. The molecule has 4 saturated carbocycles. The molecule has 1 N–H and O–H groups in total. The number of sulfonamides is 1. The van der Waals surface area contributed by atoms with Gasteiger partial charge in [-0.15, -0.1) is 0 Å². The van der Waals surface area contributed by atoms with Gasteiger partial charge in [-0.25, -0.2) is 13.1 Å². The monoisotopic (exact) mass is 379 g/mol. The summed E-state index contributed by atoms with van der Waals surface area (Å²) in [6.07, 6.45) is 7.66. The van der Waals surface area contributed by atoms with Crippen LogP contribution in [0.15, 0.2) is 29.2 Å². The maximum Gasteiger partial charge on any atom is 0.240 e. The molecule has 5 nitrogen and oxygen atoms in total. The molecule has 4 fully saturated rings. The van der Waals surface area contributed by atoms with Crippen molar-refractivity contribution in [2.45, 2.75) is 55.9 Å². The highest BCUT2D eigenvalue weighted by molar-refractivity contribution is 7.89. The van der Waals surface area contributed by atoms with Crippen molar-refractivity contribution >= 4 is 10.0 Å². The number of nitrogens with one attached hydrogen (secondary N) is 1. The SMILES string of the molecule is CCOc1ccc(S(=O)(=O)NCCOC23CC4CC(CC(C4)C2)C3)cc1. The van der Waals surface area contributed by atoms with Crippen molar-refractivity contribution < 1.29 is 17.9 Å². The first-order chi connectivity index (χ1) is 12.5. The quantitative estimate of drug-likeness (QED) is 0.704. The van der Waals surface area contributed by atoms with E-state index in [2.05, 4.69) is 4.72 Å². The fourth-order valence-electron chi connectivity index (χ4n) is 5.62. The molecule has 26 heavy (non-hydrogen) atoms. The summed E-state index contributed by atoms with van der Waals surface area (Å²) in [5.41, 5.74) is 0.0271. The van der Waals surface area contributed by atoms with E-state index in [1.165, 1.54) is 38.5 Å². The molecule has 144 valence electrons. The second-order valence-corrected chi connectivity index (χ2v) is 10.0. The number of rotatable bonds is 8. The molecule has 0 spiro atoms. The van der Waals surface area contributed by atoms with E-state index < -0.39 is 10.0 Å². The van der Waals surface area contributed by atoms with E-state index >= 15 is 0 Å². The average molecular weight is 380 g/mol. The van der Waals surface area contributed by atoms with E-state index in [1.807, 2.05) is 6.92 Å². The maximum absolute atomic E-state index is 12.4. The highest BCUT2D eigenvalue weighted by Crippen LogP contribution is 2.57. The summed E-state index contributed by atoms with van der Waals surface area (Å²) in [6, 6.07) is 6.52. The lowest BCUT2D eigenvalue weighted by Gasteiger charge is -2.56. The Morgan fingerprint density at radius 1 is 1.04 bits per heavy atom. The zero-order valence-electron chi connectivity index (χ0n) is 15.4. The van der Waals surface area contributed by atoms with Gasteiger partial charge in [0.1, 0.15) is 5.75 Å². The van der Waals surface area contributed by atoms with E-state index in [1.54, 1.807) is 24.3 Å². The Morgan fingerprint density at radius 2 is 1.62 bits per heavy atom. The lowest BCUT2D eigenvalue weighted by Crippen LogP contribution is -2.52. The normalized spacial score (nSPS) is 32.7. The van der Waals surface area contributed by atoms with Crippen molar-refractivity contribution in [2.24, 2.45) is 17.8 Å². The van der Waals surface area contributed by atoms with Crippen molar-refractivity contribution in [2.75, 3.05) is 19.8 Å². The minimum absolute atomic E-state index is 0.0271. The average Bonchev–Trinajstić information content (AvgIpc) is 2.58. The summed E-state index contributed by atoms with van der Waals surface area (Å²) >= 11 is 0. The fourth-order valence-corrected chi connectivity index (χ4v) is 6.63. The van der Waals surface area contributed by atoms with Gasteiger partial charge < -0.3 is 9.47 Å². The maximum atomic E-state index is 12.4. The molecule has 0 radical (unpaired) electrons. The molecule has 1 aromatic carbocycles. The lowest BCUT2D eigenvalue weighted by atomic mass is 9.54. The predicted molar refractivity (Wildman–Crippen MR) is 99.7 cm³/mol. The number of ether oxygens (including phenoxy) is 2. The summed E-state index contributed by atoms with van der Waals surface area (Å²) in [5.74, 6) is 3.18. The van der Waals surface area contributed by atoms with E-state index in [4.69, 9.17) is 9.47 Å². The van der Waals surface area contributed by atoms with Crippen LogP contribution in [0.4, 0.5) is 0 Å². The second kappa shape index (κ2) is 7.13. The molecule has 0 aromatic heterocycles. The van der Waals surface area contributed by atoms with E-state index in [0.29, 0.717) is 25.5 Å².